The number of nitrogens with zero attached hydrogens (tertiary/aromatic N) is 4. The van der Waals surface area contributed by atoms with Crippen LogP contribution in [0.3, 0.4) is 0 Å². The van der Waals surface area contributed by atoms with Crippen molar-refractivity contribution in [2.75, 3.05) is 20.7 Å². The Bertz CT molecular complexity index is 1380. The number of hydrogen-bond acceptors (Lipinski definition) is 6. The first-order valence-corrected chi connectivity index (χ1v) is 13.7. The van der Waals surface area contributed by atoms with Crippen LogP contribution in [-0.2, 0) is 11.4 Å². The number of para-hydroxylation sites is 1. The van der Waals surface area contributed by atoms with Crippen LogP contribution in [0.2, 0.25) is 5.02 Å². The fourth-order valence-corrected chi connectivity index (χ4v) is 5.46. The summed E-state index contributed by atoms with van der Waals surface area (Å²) in [5.74, 6) is 1.02. The van der Waals surface area contributed by atoms with Crippen LogP contribution in [0.15, 0.2) is 55.4 Å². The fraction of sp³-hybridized carbons (Fsp3) is 0.387. The van der Waals surface area contributed by atoms with Crippen molar-refractivity contribution in [1.82, 2.24) is 19.8 Å². The molecule has 1 aromatic carbocycles. The topological polar surface area (TPSA) is 67.8 Å². The van der Waals surface area contributed by atoms with Crippen LogP contribution in [0.1, 0.15) is 49.9 Å². The molecular weight excluding hydrogens is 512 g/mol. The second-order valence-corrected chi connectivity index (χ2v) is 10.7. The first kappa shape index (κ1) is 28.4. The molecule has 2 aromatic heterocycles. The third-order valence-electron chi connectivity index (χ3n) is 7.13. The van der Waals surface area contributed by atoms with Crippen molar-refractivity contribution in [2.45, 2.75) is 58.7 Å². The normalized spacial score (nSPS) is 17.7. The Hall–Kier alpha value is -3.58. The molecule has 3 aromatic rings. The van der Waals surface area contributed by atoms with Crippen LogP contribution in [0.5, 0.6) is 11.5 Å². The third kappa shape index (κ3) is 6.36. The van der Waals surface area contributed by atoms with Crippen LogP contribution in [0.25, 0.3) is 16.6 Å². The van der Waals surface area contributed by atoms with Crippen molar-refractivity contribution in [2.24, 2.45) is 0 Å². The lowest BCUT2D eigenvalue weighted by atomic mass is 9.97. The Morgan fingerprint density at radius 1 is 1.18 bits per heavy atom. The first-order chi connectivity index (χ1) is 18.7. The van der Waals surface area contributed by atoms with Gasteiger partial charge in [0.05, 0.1) is 16.8 Å². The van der Waals surface area contributed by atoms with E-state index in [0.29, 0.717) is 22.1 Å². The number of halogens is 1. The van der Waals surface area contributed by atoms with Crippen LogP contribution in [-0.4, -0.2) is 58.5 Å². The number of pyridine rings is 2. The highest BCUT2D eigenvalue weighted by molar-refractivity contribution is 6.31. The molecule has 1 saturated heterocycles. The number of aromatic nitrogens is 2. The quantitative estimate of drug-likeness (QED) is 0.287. The second-order valence-electron chi connectivity index (χ2n) is 10.3. The fourth-order valence-electron chi connectivity index (χ4n) is 5.26. The Labute approximate surface area is 236 Å². The Kier molecular flexibility index (Phi) is 9.12. The van der Waals surface area contributed by atoms with Gasteiger partial charge in [-0.15, -0.1) is 0 Å². The molecule has 1 aliphatic heterocycles. The number of hydrogen-bond donors (Lipinski definition) is 0. The summed E-state index contributed by atoms with van der Waals surface area (Å²) < 4.78 is 12.3. The number of aryl methyl sites for hydroxylation is 1. The molecule has 0 N–H and O–H groups in total. The van der Waals surface area contributed by atoms with Gasteiger partial charge in [0.25, 0.3) is 5.91 Å². The first-order valence-electron chi connectivity index (χ1n) is 13.3. The van der Waals surface area contributed by atoms with Gasteiger partial charge in [-0.25, -0.2) is 4.98 Å². The number of fused-ring (bicyclic) bond motifs is 1. The summed E-state index contributed by atoms with van der Waals surface area (Å²) in [5, 5.41) is 1.38. The molecule has 1 fully saturated rings. The minimum atomic E-state index is -0.0783. The summed E-state index contributed by atoms with van der Waals surface area (Å²) in [6.45, 7) is 10.1. The van der Waals surface area contributed by atoms with Gasteiger partial charge in [0.1, 0.15) is 23.6 Å². The molecule has 0 spiro atoms. The van der Waals surface area contributed by atoms with Crippen molar-refractivity contribution < 1.29 is 14.3 Å². The maximum absolute atomic E-state index is 13.0. The zero-order chi connectivity index (χ0) is 28.1. The molecule has 39 heavy (non-hydrogen) atoms. The zero-order valence-electron chi connectivity index (χ0n) is 23.4. The Balaban J connectivity index is 1.58. The van der Waals surface area contributed by atoms with Crippen LogP contribution < -0.4 is 9.47 Å². The lowest BCUT2D eigenvalue weighted by Gasteiger charge is -2.39. The summed E-state index contributed by atoms with van der Waals surface area (Å²) in [4.78, 5) is 26.0. The zero-order valence-corrected chi connectivity index (χ0v) is 24.2. The number of piperidine rings is 1. The molecule has 4 rings (SSSR count). The molecule has 2 atom stereocenters. The van der Waals surface area contributed by atoms with Crippen molar-refractivity contribution in [3.8, 4) is 11.5 Å². The summed E-state index contributed by atoms with van der Waals surface area (Å²) >= 11 is 6.53. The highest BCUT2D eigenvalue weighted by Gasteiger charge is 2.29. The average Bonchev–Trinajstić information content (AvgIpc) is 2.89. The van der Waals surface area contributed by atoms with Gasteiger partial charge in [-0.1, -0.05) is 36.4 Å². The van der Waals surface area contributed by atoms with E-state index in [1.165, 1.54) is 0 Å². The third-order valence-corrected chi connectivity index (χ3v) is 7.46. The summed E-state index contributed by atoms with van der Waals surface area (Å²) in [6, 6.07) is 8.34. The predicted molar refractivity (Wildman–Crippen MR) is 157 cm³/mol. The average molecular weight is 549 g/mol. The Morgan fingerprint density at radius 3 is 2.62 bits per heavy atom. The van der Waals surface area contributed by atoms with E-state index in [-0.39, 0.29) is 31.2 Å². The molecule has 0 aliphatic carbocycles. The molecule has 0 radical (unpaired) electrons. The number of ether oxygens (including phenoxy) is 2. The van der Waals surface area contributed by atoms with Gasteiger partial charge in [-0.05, 0) is 58.2 Å². The lowest BCUT2D eigenvalue weighted by Crippen LogP contribution is -2.49. The molecule has 0 saturated carbocycles. The number of allylic oxidation sites excluding steroid dienone is 2. The molecule has 1 aliphatic rings. The molecule has 8 heteroatoms. The van der Waals surface area contributed by atoms with Gasteiger partial charge < -0.3 is 19.3 Å². The van der Waals surface area contributed by atoms with E-state index in [4.69, 9.17) is 26.1 Å². The molecule has 2 unspecified atom stereocenters. The van der Waals surface area contributed by atoms with Crippen LogP contribution in [0.4, 0.5) is 0 Å². The smallest absolute Gasteiger partial charge is 0.260 e. The minimum Gasteiger partial charge on any atom is -0.486 e. The summed E-state index contributed by atoms with van der Waals surface area (Å²) in [5.41, 5.74) is 4.31. The molecule has 7 nitrogen and oxygen atoms in total. The van der Waals surface area contributed by atoms with Gasteiger partial charge in [-0.3, -0.25) is 9.78 Å². The van der Waals surface area contributed by atoms with E-state index in [2.05, 4.69) is 36.4 Å². The maximum Gasteiger partial charge on any atom is 0.260 e. The molecule has 206 valence electrons. The molecule has 1 amide bonds. The van der Waals surface area contributed by atoms with E-state index in [1.54, 1.807) is 18.5 Å². The number of amides is 1. The number of rotatable bonds is 9. The maximum atomic E-state index is 13.0. The van der Waals surface area contributed by atoms with E-state index in [1.807, 2.05) is 50.2 Å². The number of carbonyl (C=O) groups excluding carboxylic acids is 1. The molecular formula is C31H37ClN4O3. The highest BCUT2D eigenvalue weighted by atomic mass is 35.5. The minimum absolute atomic E-state index is 0.0351. The number of benzene rings is 1. The van der Waals surface area contributed by atoms with Crippen molar-refractivity contribution in [1.29, 1.82) is 0 Å². The predicted octanol–water partition coefficient (Wildman–Crippen LogP) is 6.43. The van der Waals surface area contributed by atoms with Crippen molar-refractivity contribution in [3.05, 3.63) is 77.2 Å². The largest absolute Gasteiger partial charge is 0.486 e. The van der Waals surface area contributed by atoms with Crippen LogP contribution in [0, 0.1) is 6.92 Å². The van der Waals surface area contributed by atoms with E-state index >= 15 is 0 Å². The second kappa shape index (κ2) is 12.5. The monoisotopic (exact) mass is 548 g/mol. The summed E-state index contributed by atoms with van der Waals surface area (Å²) in [7, 11) is 4.00. The number of carbonyl (C=O) groups is 1. The summed E-state index contributed by atoms with van der Waals surface area (Å²) in [6.07, 6.45) is 10.0. The van der Waals surface area contributed by atoms with Gasteiger partial charge >= 0.3 is 0 Å². The Morgan fingerprint density at radius 2 is 1.92 bits per heavy atom. The van der Waals surface area contributed by atoms with Gasteiger partial charge in [0.2, 0.25) is 0 Å². The van der Waals surface area contributed by atoms with Crippen LogP contribution >= 0.6 is 11.6 Å². The SMILES string of the molecule is C=C/C=C(/c1cc(C)nc2c(OCc3c(Cl)cncc3OCC(=O)N3C(C)CCCC3C)cccc12)N(C)C. The molecule has 3 heterocycles. The van der Waals surface area contributed by atoms with Gasteiger partial charge in [0.15, 0.2) is 6.61 Å². The standard InChI is InChI=1S/C31H37ClN4O3/c1-7-10-27(35(5)6)24-15-20(2)34-31-23(24)13-9-14-28(31)38-18-25-26(32)16-33-17-29(25)39-19-30(37)36-21(3)11-8-12-22(36)4/h7,9-10,13-17,21-22H,1,8,11-12,18-19H2,2-6H3/b27-10-. The van der Waals surface area contributed by atoms with Gasteiger partial charge in [-0.2, -0.15) is 0 Å². The lowest BCUT2D eigenvalue weighted by molar-refractivity contribution is -0.139. The van der Waals surface area contributed by atoms with Gasteiger partial charge in [0, 0.05) is 54.7 Å². The van der Waals surface area contributed by atoms with E-state index in [9.17, 15) is 4.79 Å². The van der Waals surface area contributed by atoms with Crippen molar-refractivity contribution >= 4 is 34.1 Å². The molecule has 0 bridgehead atoms. The number of likely N-dealkylation sites (tertiary alicyclic amines) is 1. The van der Waals surface area contributed by atoms with E-state index in [0.717, 1.165) is 47.1 Å². The van der Waals surface area contributed by atoms with Crippen molar-refractivity contribution in [3.63, 3.8) is 0 Å². The van der Waals surface area contributed by atoms with E-state index < -0.39 is 0 Å². The highest BCUT2D eigenvalue weighted by Crippen LogP contribution is 2.34.